The monoisotopic (exact) mass is 256 g/mol. The van der Waals surface area contributed by atoms with Crippen molar-refractivity contribution in [3.8, 4) is 0 Å². The van der Waals surface area contributed by atoms with E-state index in [0.717, 1.165) is 13.0 Å². The van der Waals surface area contributed by atoms with Crippen LogP contribution in [-0.2, 0) is 4.79 Å². The lowest BCUT2D eigenvalue weighted by atomic mass is 9.98. The molecule has 2 aliphatic heterocycles. The van der Waals surface area contributed by atoms with Crippen LogP contribution in [-0.4, -0.2) is 40.6 Å². The van der Waals surface area contributed by atoms with Gasteiger partial charge in [-0.25, -0.2) is 0 Å². The van der Waals surface area contributed by atoms with Crippen LogP contribution < -0.4 is 5.32 Å². The Morgan fingerprint density at radius 3 is 2.65 bits per heavy atom. The van der Waals surface area contributed by atoms with Crippen molar-refractivity contribution in [1.29, 1.82) is 0 Å². The topological polar surface area (TPSA) is 32.3 Å². The van der Waals surface area contributed by atoms with Gasteiger partial charge in [0.1, 0.15) is 0 Å². The highest BCUT2D eigenvalue weighted by Crippen LogP contribution is 2.28. The van der Waals surface area contributed by atoms with Crippen molar-refractivity contribution < 1.29 is 4.79 Å². The van der Waals surface area contributed by atoms with Crippen LogP contribution in [0.4, 0.5) is 0 Å². The summed E-state index contributed by atoms with van der Waals surface area (Å²) in [7, 11) is 0. The molecule has 2 heterocycles. The second kappa shape index (κ2) is 5.19. The fraction of sp³-hybridized carbons (Fsp3) is 0.923. The summed E-state index contributed by atoms with van der Waals surface area (Å²) in [4.78, 5) is 14.5. The molecular weight excluding hydrogens is 232 g/mol. The van der Waals surface area contributed by atoms with E-state index in [1.807, 2.05) is 18.7 Å². The van der Waals surface area contributed by atoms with Gasteiger partial charge in [-0.05, 0) is 50.5 Å². The minimum atomic E-state index is -0.331. The van der Waals surface area contributed by atoms with E-state index in [1.54, 1.807) is 0 Å². The lowest BCUT2D eigenvalue weighted by molar-refractivity contribution is -0.133. The Morgan fingerprint density at radius 2 is 2.12 bits per heavy atom. The van der Waals surface area contributed by atoms with Crippen molar-refractivity contribution in [2.45, 2.75) is 51.7 Å². The van der Waals surface area contributed by atoms with Crippen molar-refractivity contribution in [2.75, 3.05) is 18.1 Å². The Hall–Kier alpha value is -0.220. The highest BCUT2D eigenvalue weighted by molar-refractivity contribution is 7.99. The van der Waals surface area contributed by atoms with E-state index in [4.69, 9.17) is 0 Å². The third kappa shape index (κ3) is 2.63. The molecule has 0 saturated carbocycles. The maximum absolute atomic E-state index is 12.4. The third-order valence-corrected chi connectivity index (χ3v) is 5.28. The van der Waals surface area contributed by atoms with Gasteiger partial charge < -0.3 is 4.90 Å². The third-order valence-electron chi connectivity index (χ3n) is 4.23. The summed E-state index contributed by atoms with van der Waals surface area (Å²) < 4.78 is 0. The van der Waals surface area contributed by atoms with Crippen LogP contribution in [0.3, 0.4) is 0 Å². The second-order valence-corrected chi connectivity index (χ2v) is 6.74. The molecule has 0 aromatic heterocycles. The average molecular weight is 256 g/mol. The zero-order valence-electron chi connectivity index (χ0n) is 11.2. The highest BCUT2D eigenvalue weighted by Gasteiger charge is 2.45. The van der Waals surface area contributed by atoms with Crippen LogP contribution in [0.1, 0.15) is 40.0 Å². The summed E-state index contributed by atoms with van der Waals surface area (Å²) in [5.74, 6) is 3.54. The molecule has 2 aliphatic rings. The van der Waals surface area contributed by atoms with Gasteiger partial charge in [0.25, 0.3) is 0 Å². The maximum Gasteiger partial charge on any atom is 0.243 e. The van der Waals surface area contributed by atoms with E-state index in [9.17, 15) is 4.79 Å². The molecule has 0 spiro atoms. The molecule has 3 nitrogen and oxygen atoms in total. The Balaban J connectivity index is 1.98. The van der Waals surface area contributed by atoms with Crippen molar-refractivity contribution in [3.05, 3.63) is 0 Å². The van der Waals surface area contributed by atoms with E-state index in [-0.39, 0.29) is 11.7 Å². The molecule has 2 rings (SSSR count). The van der Waals surface area contributed by atoms with Gasteiger partial charge >= 0.3 is 0 Å². The molecule has 4 heteroatoms. The molecule has 1 amide bonds. The van der Waals surface area contributed by atoms with Gasteiger partial charge in [0, 0.05) is 6.54 Å². The first-order chi connectivity index (χ1) is 8.07. The Morgan fingerprint density at radius 1 is 1.47 bits per heavy atom. The predicted molar refractivity (Wildman–Crippen MR) is 73.1 cm³/mol. The van der Waals surface area contributed by atoms with E-state index in [0.29, 0.717) is 11.8 Å². The van der Waals surface area contributed by atoms with Crippen molar-refractivity contribution >= 4 is 17.7 Å². The summed E-state index contributed by atoms with van der Waals surface area (Å²) in [5.41, 5.74) is -0.331. The number of nitrogens with zero attached hydrogens (tertiary/aromatic N) is 1. The Kier molecular flexibility index (Phi) is 4.03. The zero-order valence-corrected chi connectivity index (χ0v) is 12.0. The Labute approximate surface area is 109 Å². The number of carbonyl (C=O) groups is 1. The van der Waals surface area contributed by atoms with Crippen LogP contribution >= 0.6 is 11.8 Å². The fourth-order valence-electron chi connectivity index (χ4n) is 2.79. The first-order valence-corrected chi connectivity index (χ1v) is 7.89. The lowest BCUT2D eigenvalue weighted by Gasteiger charge is -2.29. The minimum Gasteiger partial charge on any atom is -0.326 e. The summed E-state index contributed by atoms with van der Waals surface area (Å²) in [6, 6.07) is 0. The van der Waals surface area contributed by atoms with Gasteiger partial charge in [0.05, 0.1) is 11.7 Å². The molecule has 98 valence electrons. The van der Waals surface area contributed by atoms with Crippen molar-refractivity contribution in [1.82, 2.24) is 10.2 Å². The molecule has 1 N–H and O–H groups in total. The number of thioether (sulfide) groups is 1. The number of nitrogens with one attached hydrogen (secondary N) is 1. The largest absolute Gasteiger partial charge is 0.326 e. The summed E-state index contributed by atoms with van der Waals surface area (Å²) in [5, 5.41) is 3.44. The molecule has 2 unspecified atom stereocenters. The molecule has 2 atom stereocenters. The lowest BCUT2D eigenvalue weighted by Crippen LogP contribution is -2.43. The van der Waals surface area contributed by atoms with E-state index in [2.05, 4.69) is 24.1 Å². The molecule has 0 bridgehead atoms. The van der Waals surface area contributed by atoms with Gasteiger partial charge in [-0.1, -0.05) is 6.92 Å². The molecule has 2 saturated heterocycles. The quantitative estimate of drug-likeness (QED) is 0.839. The molecule has 0 radical (unpaired) electrons. The van der Waals surface area contributed by atoms with Gasteiger partial charge in [0.15, 0.2) is 0 Å². The molecule has 0 aromatic carbocycles. The standard InChI is InChI=1S/C13H24N2OS/c1-4-13(3)12(16)15(10(2)14-13)9-11-5-7-17-8-6-11/h10-11,14H,4-9H2,1-3H3. The SMILES string of the molecule is CCC1(C)NC(C)N(CC2CCSCC2)C1=O. The van der Waals surface area contributed by atoms with Gasteiger partial charge in [-0.2, -0.15) is 11.8 Å². The first kappa shape index (κ1) is 13.2. The van der Waals surface area contributed by atoms with Crippen LogP contribution in [0.15, 0.2) is 0 Å². The van der Waals surface area contributed by atoms with Crippen LogP contribution in [0.25, 0.3) is 0 Å². The first-order valence-electron chi connectivity index (χ1n) is 6.73. The Bertz CT molecular complexity index is 291. The van der Waals surface area contributed by atoms with Gasteiger partial charge in [-0.3, -0.25) is 10.1 Å². The van der Waals surface area contributed by atoms with Crippen LogP contribution in [0, 0.1) is 5.92 Å². The summed E-state index contributed by atoms with van der Waals surface area (Å²) in [6.45, 7) is 7.17. The maximum atomic E-state index is 12.4. The number of carbonyl (C=O) groups excluding carboxylic acids is 1. The number of rotatable bonds is 3. The smallest absolute Gasteiger partial charge is 0.243 e. The summed E-state index contributed by atoms with van der Waals surface area (Å²) in [6.07, 6.45) is 3.60. The average Bonchev–Trinajstić information content (AvgIpc) is 2.55. The molecule has 0 aliphatic carbocycles. The summed E-state index contributed by atoms with van der Waals surface area (Å²) >= 11 is 2.04. The van der Waals surface area contributed by atoms with E-state index >= 15 is 0 Å². The van der Waals surface area contributed by atoms with Crippen LogP contribution in [0.5, 0.6) is 0 Å². The van der Waals surface area contributed by atoms with Crippen LogP contribution in [0.2, 0.25) is 0 Å². The van der Waals surface area contributed by atoms with E-state index < -0.39 is 0 Å². The van der Waals surface area contributed by atoms with E-state index in [1.165, 1.54) is 24.3 Å². The fourth-order valence-corrected chi connectivity index (χ4v) is 4.00. The number of hydrogen-bond donors (Lipinski definition) is 1. The highest BCUT2D eigenvalue weighted by atomic mass is 32.2. The van der Waals surface area contributed by atoms with Crippen molar-refractivity contribution in [2.24, 2.45) is 5.92 Å². The minimum absolute atomic E-state index is 0.196. The normalized spacial score (nSPS) is 35.6. The predicted octanol–water partition coefficient (Wildman–Crippen LogP) is 2.08. The molecule has 0 aromatic rings. The van der Waals surface area contributed by atoms with Gasteiger partial charge in [-0.15, -0.1) is 0 Å². The van der Waals surface area contributed by atoms with Gasteiger partial charge in [0.2, 0.25) is 5.91 Å². The zero-order chi connectivity index (χ0) is 12.5. The number of amides is 1. The number of hydrogen-bond acceptors (Lipinski definition) is 3. The second-order valence-electron chi connectivity index (χ2n) is 5.52. The van der Waals surface area contributed by atoms with Crippen molar-refractivity contribution in [3.63, 3.8) is 0 Å². The molecule has 2 fully saturated rings. The molecule has 17 heavy (non-hydrogen) atoms. The molecular formula is C13H24N2OS.